The standard InChI is InChI=1S/C11H21NO2/c1-4-8(5-2)12(3)10-7-6-9(10)11(13)14/h8-10H,4-7H2,1-3H3,(H,13,14). The van der Waals surface area contributed by atoms with Crippen LogP contribution in [0.15, 0.2) is 0 Å². The Kier molecular flexibility index (Phi) is 3.93. The Bertz CT molecular complexity index is 201. The van der Waals surface area contributed by atoms with Crippen LogP contribution in [0.3, 0.4) is 0 Å². The highest BCUT2D eigenvalue weighted by Crippen LogP contribution is 2.33. The first kappa shape index (κ1) is 11.5. The van der Waals surface area contributed by atoms with E-state index in [9.17, 15) is 4.79 Å². The highest BCUT2D eigenvalue weighted by Gasteiger charge is 2.40. The second-order valence-electron chi connectivity index (χ2n) is 4.23. The van der Waals surface area contributed by atoms with Gasteiger partial charge >= 0.3 is 5.97 Å². The molecule has 0 aromatic carbocycles. The van der Waals surface area contributed by atoms with Gasteiger partial charge in [0.15, 0.2) is 0 Å². The number of rotatable bonds is 5. The normalized spacial score (nSPS) is 26.6. The quantitative estimate of drug-likeness (QED) is 0.736. The largest absolute Gasteiger partial charge is 0.481 e. The van der Waals surface area contributed by atoms with E-state index in [-0.39, 0.29) is 12.0 Å². The molecule has 1 fully saturated rings. The van der Waals surface area contributed by atoms with Crippen molar-refractivity contribution < 1.29 is 9.90 Å². The molecular formula is C11H21NO2. The van der Waals surface area contributed by atoms with Crippen LogP contribution in [0.25, 0.3) is 0 Å². The molecule has 0 radical (unpaired) electrons. The molecule has 0 spiro atoms. The lowest BCUT2D eigenvalue weighted by Crippen LogP contribution is -2.52. The summed E-state index contributed by atoms with van der Waals surface area (Å²) in [6.07, 6.45) is 4.11. The van der Waals surface area contributed by atoms with Gasteiger partial charge in [0.2, 0.25) is 0 Å². The van der Waals surface area contributed by atoms with Gasteiger partial charge in [-0.3, -0.25) is 9.69 Å². The third-order valence-corrected chi connectivity index (χ3v) is 3.60. The molecule has 0 bridgehead atoms. The predicted octanol–water partition coefficient (Wildman–Crippen LogP) is 1.97. The summed E-state index contributed by atoms with van der Waals surface area (Å²) in [5.74, 6) is -0.750. The highest BCUT2D eigenvalue weighted by molar-refractivity contribution is 5.72. The van der Waals surface area contributed by atoms with Gasteiger partial charge in [0.1, 0.15) is 0 Å². The van der Waals surface area contributed by atoms with E-state index in [2.05, 4.69) is 25.8 Å². The molecule has 0 heterocycles. The van der Waals surface area contributed by atoms with Gasteiger partial charge in [-0.1, -0.05) is 13.8 Å². The number of hydrogen-bond acceptors (Lipinski definition) is 2. The summed E-state index contributed by atoms with van der Waals surface area (Å²) in [4.78, 5) is 13.1. The maximum Gasteiger partial charge on any atom is 0.308 e. The first-order chi connectivity index (χ1) is 6.61. The van der Waals surface area contributed by atoms with Crippen LogP contribution in [0.5, 0.6) is 0 Å². The summed E-state index contributed by atoms with van der Waals surface area (Å²) >= 11 is 0. The van der Waals surface area contributed by atoms with E-state index < -0.39 is 5.97 Å². The van der Waals surface area contributed by atoms with E-state index in [1.165, 1.54) is 0 Å². The minimum absolute atomic E-state index is 0.124. The number of hydrogen-bond donors (Lipinski definition) is 1. The molecule has 0 aromatic rings. The third kappa shape index (κ3) is 2.08. The van der Waals surface area contributed by atoms with Crippen molar-refractivity contribution in [3.05, 3.63) is 0 Å². The Hall–Kier alpha value is -0.570. The van der Waals surface area contributed by atoms with Crippen molar-refractivity contribution in [3.63, 3.8) is 0 Å². The summed E-state index contributed by atoms with van der Waals surface area (Å²) in [5.41, 5.74) is 0. The van der Waals surface area contributed by atoms with Gasteiger partial charge in [-0.15, -0.1) is 0 Å². The predicted molar refractivity (Wildman–Crippen MR) is 56.3 cm³/mol. The van der Waals surface area contributed by atoms with Crippen LogP contribution in [-0.4, -0.2) is 35.1 Å². The van der Waals surface area contributed by atoms with E-state index in [4.69, 9.17) is 5.11 Å². The lowest BCUT2D eigenvalue weighted by atomic mass is 9.78. The molecular weight excluding hydrogens is 178 g/mol. The minimum Gasteiger partial charge on any atom is -0.481 e. The molecule has 3 nitrogen and oxygen atoms in total. The lowest BCUT2D eigenvalue weighted by Gasteiger charge is -2.43. The molecule has 0 aliphatic heterocycles. The van der Waals surface area contributed by atoms with E-state index in [0.717, 1.165) is 25.7 Å². The molecule has 1 N–H and O–H groups in total. The average molecular weight is 199 g/mol. The zero-order valence-corrected chi connectivity index (χ0v) is 9.36. The molecule has 0 amide bonds. The SMILES string of the molecule is CCC(CC)N(C)C1CCC1C(=O)O. The Morgan fingerprint density at radius 2 is 2.00 bits per heavy atom. The Labute approximate surface area is 86.1 Å². The van der Waals surface area contributed by atoms with Crippen molar-refractivity contribution in [1.29, 1.82) is 0 Å². The van der Waals surface area contributed by atoms with Crippen molar-refractivity contribution in [1.82, 2.24) is 4.90 Å². The van der Waals surface area contributed by atoms with Gasteiger partial charge in [0.05, 0.1) is 5.92 Å². The fourth-order valence-corrected chi connectivity index (χ4v) is 2.39. The molecule has 0 aromatic heterocycles. The fraction of sp³-hybridized carbons (Fsp3) is 0.909. The minimum atomic E-state index is -0.626. The van der Waals surface area contributed by atoms with Crippen molar-refractivity contribution >= 4 is 5.97 Å². The molecule has 1 aliphatic carbocycles. The summed E-state index contributed by atoms with van der Waals surface area (Å²) in [7, 11) is 2.07. The maximum atomic E-state index is 10.9. The van der Waals surface area contributed by atoms with Crippen LogP contribution in [0.2, 0.25) is 0 Å². The monoisotopic (exact) mass is 199 g/mol. The molecule has 82 valence electrons. The van der Waals surface area contributed by atoms with Crippen LogP contribution < -0.4 is 0 Å². The Morgan fingerprint density at radius 1 is 1.43 bits per heavy atom. The first-order valence-corrected chi connectivity index (χ1v) is 5.56. The van der Waals surface area contributed by atoms with Crippen LogP contribution in [0, 0.1) is 5.92 Å². The number of carbonyl (C=O) groups is 1. The van der Waals surface area contributed by atoms with Crippen LogP contribution in [0.1, 0.15) is 39.5 Å². The number of carboxylic acids is 1. The molecule has 1 aliphatic rings. The second kappa shape index (κ2) is 4.78. The second-order valence-corrected chi connectivity index (χ2v) is 4.23. The van der Waals surface area contributed by atoms with Gasteiger partial charge < -0.3 is 5.11 Å². The molecule has 0 saturated heterocycles. The third-order valence-electron chi connectivity index (χ3n) is 3.60. The molecule has 1 rings (SSSR count). The van der Waals surface area contributed by atoms with E-state index in [1.54, 1.807) is 0 Å². The van der Waals surface area contributed by atoms with Gasteiger partial charge in [-0.05, 0) is 32.7 Å². The van der Waals surface area contributed by atoms with Gasteiger partial charge in [0.25, 0.3) is 0 Å². The maximum absolute atomic E-state index is 10.9. The smallest absolute Gasteiger partial charge is 0.308 e. The Balaban J connectivity index is 2.52. The van der Waals surface area contributed by atoms with Crippen LogP contribution >= 0.6 is 0 Å². The lowest BCUT2D eigenvalue weighted by molar-refractivity contribution is -0.149. The van der Waals surface area contributed by atoms with E-state index in [1.807, 2.05) is 0 Å². The Morgan fingerprint density at radius 3 is 2.29 bits per heavy atom. The van der Waals surface area contributed by atoms with Crippen molar-refractivity contribution in [3.8, 4) is 0 Å². The number of nitrogens with zero attached hydrogens (tertiary/aromatic N) is 1. The zero-order chi connectivity index (χ0) is 10.7. The van der Waals surface area contributed by atoms with Crippen molar-refractivity contribution in [2.75, 3.05) is 7.05 Å². The molecule has 3 heteroatoms. The molecule has 2 unspecified atom stereocenters. The highest BCUT2D eigenvalue weighted by atomic mass is 16.4. The molecule has 1 saturated carbocycles. The molecule has 2 atom stereocenters. The zero-order valence-electron chi connectivity index (χ0n) is 9.36. The summed E-state index contributed by atoms with van der Waals surface area (Å²) < 4.78 is 0. The van der Waals surface area contributed by atoms with E-state index >= 15 is 0 Å². The van der Waals surface area contributed by atoms with Crippen LogP contribution in [-0.2, 0) is 4.79 Å². The van der Waals surface area contributed by atoms with Crippen LogP contribution in [0.4, 0.5) is 0 Å². The summed E-state index contributed by atoms with van der Waals surface area (Å²) in [6, 6.07) is 0.819. The number of carboxylic acid groups (broad SMARTS) is 1. The summed E-state index contributed by atoms with van der Waals surface area (Å²) in [6.45, 7) is 4.33. The van der Waals surface area contributed by atoms with Gasteiger partial charge in [0, 0.05) is 12.1 Å². The van der Waals surface area contributed by atoms with Crippen molar-refractivity contribution in [2.45, 2.75) is 51.6 Å². The van der Waals surface area contributed by atoms with Crippen molar-refractivity contribution in [2.24, 2.45) is 5.92 Å². The first-order valence-electron chi connectivity index (χ1n) is 5.56. The number of aliphatic carboxylic acids is 1. The fourth-order valence-electron chi connectivity index (χ4n) is 2.39. The van der Waals surface area contributed by atoms with Gasteiger partial charge in [-0.2, -0.15) is 0 Å². The summed E-state index contributed by atoms with van der Waals surface area (Å²) in [5, 5.41) is 8.95. The average Bonchev–Trinajstić information content (AvgIpc) is 2.02. The molecule has 14 heavy (non-hydrogen) atoms. The topological polar surface area (TPSA) is 40.5 Å². The van der Waals surface area contributed by atoms with E-state index in [0.29, 0.717) is 6.04 Å². The van der Waals surface area contributed by atoms with Gasteiger partial charge in [-0.25, -0.2) is 0 Å².